The van der Waals surface area contributed by atoms with E-state index in [-0.39, 0.29) is 11.9 Å². The van der Waals surface area contributed by atoms with Crippen LogP contribution in [0.4, 0.5) is 10.1 Å². The molecule has 1 aliphatic carbocycles. The van der Waals surface area contributed by atoms with Gasteiger partial charge < -0.3 is 15.2 Å². The lowest BCUT2D eigenvalue weighted by atomic mass is 9.88. The second-order valence-corrected chi connectivity index (χ2v) is 6.13. The Balaban J connectivity index is 1.74. The van der Waals surface area contributed by atoms with Gasteiger partial charge in [0.1, 0.15) is 5.82 Å². The molecule has 1 saturated carbocycles. The van der Waals surface area contributed by atoms with Crippen LogP contribution in [0.2, 0.25) is 0 Å². The molecule has 2 N–H and O–H groups in total. The van der Waals surface area contributed by atoms with Crippen molar-refractivity contribution in [2.24, 2.45) is 5.92 Å². The Morgan fingerprint density at radius 3 is 2.90 bits per heavy atom. The fourth-order valence-corrected chi connectivity index (χ4v) is 2.84. The van der Waals surface area contributed by atoms with Crippen molar-refractivity contribution >= 4 is 5.69 Å². The molecule has 118 valence electrons. The fraction of sp³-hybridized carbons (Fsp3) is 0.647. The molecule has 0 spiro atoms. The van der Waals surface area contributed by atoms with Crippen molar-refractivity contribution in [1.29, 1.82) is 0 Å². The second-order valence-electron chi connectivity index (χ2n) is 6.13. The van der Waals surface area contributed by atoms with Crippen LogP contribution in [0.15, 0.2) is 18.2 Å². The number of aliphatic hydroxyl groups excluding tert-OH is 1. The second kappa shape index (κ2) is 7.76. The Labute approximate surface area is 126 Å². The van der Waals surface area contributed by atoms with Crippen LogP contribution in [-0.2, 0) is 4.74 Å². The lowest BCUT2D eigenvalue weighted by Crippen LogP contribution is -2.32. The van der Waals surface area contributed by atoms with Gasteiger partial charge in [-0.3, -0.25) is 0 Å². The first-order valence-electron chi connectivity index (χ1n) is 7.86. The predicted molar refractivity (Wildman–Crippen MR) is 83.0 cm³/mol. The summed E-state index contributed by atoms with van der Waals surface area (Å²) in [5.74, 6) is 0.300. The van der Waals surface area contributed by atoms with Gasteiger partial charge in [-0.15, -0.1) is 0 Å². The maximum atomic E-state index is 13.2. The number of rotatable bonds is 6. The van der Waals surface area contributed by atoms with Crippen molar-refractivity contribution in [1.82, 2.24) is 0 Å². The van der Waals surface area contributed by atoms with E-state index in [9.17, 15) is 9.50 Å². The quantitative estimate of drug-likeness (QED) is 0.844. The van der Waals surface area contributed by atoms with E-state index in [4.69, 9.17) is 4.74 Å². The summed E-state index contributed by atoms with van der Waals surface area (Å²) in [6, 6.07) is 4.61. The Morgan fingerprint density at radius 2 is 2.14 bits per heavy atom. The van der Waals surface area contributed by atoms with Gasteiger partial charge in [0.2, 0.25) is 0 Å². The number of nitrogens with one attached hydrogen (secondary N) is 1. The molecular weight excluding hydrogens is 269 g/mol. The Hall–Kier alpha value is -1.13. The van der Waals surface area contributed by atoms with E-state index >= 15 is 0 Å². The SMILES string of the molecule is Cc1ccc(F)cc1NCC(O)COC1CCCCC1C. The molecule has 1 aliphatic rings. The number of halogens is 1. The van der Waals surface area contributed by atoms with Gasteiger partial charge in [-0.25, -0.2) is 4.39 Å². The van der Waals surface area contributed by atoms with E-state index in [1.807, 2.05) is 6.92 Å². The van der Waals surface area contributed by atoms with Crippen LogP contribution in [-0.4, -0.2) is 30.5 Å². The maximum Gasteiger partial charge on any atom is 0.125 e. The summed E-state index contributed by atoms with van der Waals surface area (Å²) in [7, 11) is 0. The zero-order valence-electron chi connectivity index (χ0n) is 12.9. The number of benzene rings is 1. The van der Waals surface area contributed by atoms with Crippen LogP contribution in [0.5, 0.6) is 0 Å². The summed E-state index contributed by atoms with van der Waals surface area (Å²) in [5.41, 5.74) is 1.69. The molecule has 4 heteroatoms. The minimum Gasteiger partial charge on any atom is -0.389 e. The summed E-state index contributed by atoms with van der Waals surface area (Å²) in [5, 5.41) is 13.1. The third-order valence-electron chi connectivity index (χ3n) is 4.26. The summed E-state index contributed by atoms with van der Waals surface area (Å²) in [6.45, 7) is 4.82. The van der Waals surface area contributed by atoms with Gasteiger partial charge in [-0.2, -0.15) is 0 Å². The van der Waals surface area contributed by atoms with Gasteiger partial charge in [-0.05, 0) is 43.4 Å². The van der Waals surface area contributed by atoms with Crippen molar-refractivity contribution in [2.75, 3.05) is 18.5 Å². The van der Waals surface area contributed by atoms with Crippen molar-refractivity contribution in [3.05, 3.63) is 29.6 Å². The minimum atomic E-state index is -0.582. The highest BCUT2D eigenvalue weighted by molar-refractivity contribution is 5.50. The zero-order valence-corrected chi connectivity index (χ0v) is 12.9. The molecule has 1 aromatic rings. The molecule has 0 aliphatic heterocycles. The number of ether oxygens (including phenoxy) is 1. The van der Waals surface area contributed by atoms with E-state index < -0.39 is 6.10 Å². The van der Waals surface area contributed by atoms with Crippen molar-refractivity contribution < 1.29 is 14.2 Å². The monoisotopic (exact) mass is 295 g/mol. The van der Waals surface area contributed by atoms with E-state index in [2.05, 4.69) is 12.2 Å². The third-order valence-corrected chi connectivity index (χ3v) is 4.26. The van der Waals surface area contributed by atoms with Crippen LogP contribution in [0.1, 0.15) is 38.2 Å². The standard InChI is InChI=1S/C17H26FNO2/c1-12-7-8-14(18)9-16(12)19-10-15(20)11-21-17-6-4-3-5-13(17)2/h7-9,13,15,17,19-20H,3-6,10-11H2,1-2H3. The zero-order chi connectivity index (χ0) is 15.2. The topological polar surface area (TPSA) is 41.5 Å². The van der Waals surface area contributed by atoms with Crippen LogP contribution in [0, 0.1) is 18.7 Å². The molecule has 0 bridgehead atoms. The molecule has 1 fully saturated rings. The summed E-state index contributed by atoms with van der Waals surface area (Å²) < 4.78 is 19.0. The lowest BCUT2D eigenvalue weighted by molar-refractivity contribution is -0.0424. The van der Waals surface area contributed by atoms with E-state index in [1.54, 1.807) is 6.07 Å². The van der Waals surface area contributed by atoms with Gasteiger partial charge in [0, 0.05) is 12.2 Å². The van der Waals surface area contributed by atoms with Crippen molar-refractivity contribution in [3.8, 4) is 0 Å². The molecular formula is C17H26FNO2. The first-order chi connectivity index (χ1) is 10.1. The number of anilines is 1. The molecule has 3 nitrogen and oxygen atoms in total. The molecule has 0 heterocycles. The lowest BCUT2D eigenvalue weighted by Gasteiger charge is -2.29. The normalized spacial score (nSPS) is 23.8. The van der Waals surface area contributed by atoms with Gasteiger partial charge >= 0.3 is 0 Å². The Morgan fingerprint density at radius 1 is 1.38 bits per heavy atom. The van der Waals surface area contributed by atoms with Gasteiger partial charge in [0.15, 0.2) is 0 Å². The average Bonchev–Trinajstić information content (AvgIpc) is 2.47. The third kappa shape index (κ3) is 4.97. The van der Waals surface area contributed by atoms with Crippen LogP contribution < -0.4 is 5.32 Å². The highest BCUT2D eigenvalue weighted by Gasteiger charge is 2.22. The highest BCUT2D eigenvalue weighted by Crippen LogP contribution is 2.26. The molecule has 2 rings (SSSR count). The largest absolute Gasteiger partial charge is 0.389 e. The molecule has 0 aromatic heterocycles. The number of aryl methyl sites for hydroxylation is 1. The van der Waals surface area contributed by atoms with Gasteiger partial charge in [0.25, 0.3) is 0 Å². The molecule has 0 saturated heterocycles. The first-order valence-corrected chi connectivity index (χ1v) is 7.86. The number of hydrogen-bond acceptors (Lipinski definition) is 3. The van der Waals surface area contributed by atoms with Gasteiger partial charge in [-0.1, -0.05) is 25.8 Å². The Bertz CT molecular complexity index is 452. The molecule has 1 aromatic carbocycles. The van der Waals surface area contributed by atoms with Crippen molar-refractivity contribution in [2.45, 2.75) is 51.7 Å². The Kier molecular flexibility index (Phi) is 6.00. The van der Waals surface area contributed by atoms with Crippen molar-refractivity contribution in [3.63, 3.8) is 0 Å². The molecule has 21 heavy (non-hydrogen) atoms. The van der Waals surface area contributed by atoms with E-state index in [0.717, 1.165) is 17.7 Å². The minimum absolute atomic E-state index is 0.268. The fourth-order valence-electron chi connectivity index (χ4n) is 2.84. The molecule has 0 radical (unpaired) electrons. The van der Waals surface area contributed by atoms with E-state index in [1.165, 1.54) is 31.4 Å². The smallest absolute Gasteiger partial charge is 0.125 e. The molecule has 0 amide bonds. The number of hydrogen-bond donors (Lipinski definition) is 2. The molecule has 3 unspecified atom stereocenters. The maximum absolute atomic E-state index is 13.2. The highest BCUT2D eigenvalue weighted by atomic mass is 19.1. The predicted octanol–water partition coefficient (Wildman–Crippen LogP) is 3.50. The van der Waals surface area contributed by atoms with Crippen LogP contribution >= 0.6 is 0 Å². The summed E-state index contributed by atoms with van der Waals surface area (Å²) >= 11 is 0. The molecule has 3 atom stereocenters. The van der Waals surface area contributed by atoms with E-state index in [0.29, 0.717) is 19.1 Å². The van der Waals surface area contributed by atoms with Gasteiger partial charge in [0.05, 0.1) is 18.8 Å². The number of aliphatic hydroxyl groups is 1. The average molecular weight is 295 g/mol. The van der Waals surface area contributed by atoms with Crippen LogP contribution in [0.25, 0.3) is 0 Å². The van der Waals surface area contributed by atoms with Crippen LogP contribution in [0.3, 0.4) is 0 Å². The first kappa shape index (κ1) is 16.2. The summed E-state index contributed by atoms with van der Waals surface area (Å²) in [4.78, 5) is 0. The summed E-state index contributed by atoms with van der Waals surface area (Å²) in [6.07, 6.45) is 4.48.